The van der Waals surface area contributed by atoms with Gasteiger partial charge in [0.2, 0.25) is 0 Å². The molecule has 0 unspecified atom stereocenters. The maximum absolute atomic E-state index is 4.64. The molecule has 1 N–H and O–H groups in total. The van der Waals surface area contributed by atoms with Crippen LogP contribution < -0.4 is 5.32 Å². The van der Waals surface area contributed by atoms with Gasteiger partial charge >= 0.3 is 0 Å². The van der Waals surface area contributed by atoms with E-state index in [1.807, 2.05) is 36.6 Å². The number of nitrogens with zero attached hydrogens (tertiary/aromatic N) is 5. The summed E-state index contributed by atoms with van der Waals surface area (Å²) in [6.45, 7) is 1.95. The van der Waals surface area contributed by atoms with Crippen molar-refractivity contribution in [1.82, 2.24) is 24.9 Å². The van der Waals surface area contributed by atoms with E-state index in [0.29, 0.717) is 17.5 Å². The lowest BCUT2D eigenvalue weighted by atomic mass is 10.3. The smallest absolute Gasteiger partial charge is 0.181 e. The van der Waals surface area contributed by atoms with Gasteiger partial charge in [0.1, 0.15) is 28.5 Å². The number of aromatic nitrogens is 5. The third kappa shape index (κ3) is 2.74. The van der Waals surface area contributed by atoms with E-state index >= 15 is 0 Å². The number of fused-ring (bicyclic) bond motifs is 1. The number of hydrogen-bond donors (Lipinski definition) is 1. The van der Waals surface area contributed by atoms with Crippen LogP contribution in [0.2, 0.25) is 0 Å². The third-order valence-corrected chi connectivity index (χ3v) is 4.08. The van der Waals surface area contributed by atoms with Gasteiger partial charge in [-0.25, -0.2) is 24.9 Å². The minimum Gasteiger partial charge on any atom is -0.324 e. The summed E-state index contributed by atoms with van der Waals surface area (Å²) in [7, 11) is 0. The van der Waals surface area contributed by atoms with Gasteiger partial charge < -0.3 is 5.32 Å². The van der Waals surface area contributed by atoms with E-state index in [-0.39, 0.29) is 0 Å². The second-order valence-electron chi connectivity index (χ2n) is 4.92. The van der Waals surface area contributed by atoms with Crippen LogP contribution in [0, 0.1) is 6.92 Å². The standard InChI is InChI=1S/C16H12N6S/c1-10-3-2-4-12(19-10)15-21-14(11-6-8-23-16(11)22-15)20-13-5-7-17-9-18-13/h2-9H,1H3,(H,17,18,20,21,22). The van der Waals surface area contributed by atoms with Gasteiger partial charge in [-0.1, -0.05) is 6.07 Å². The van der Waals surface area contributed by atoms with Crippen LogP contribution in [0.25, 0.3) is 21.7 Å². The van der Waals surface area contributed by atoms with Crippen molar-refractivity contribution in [3.05, 3.63) is 53.9 Å². The molecule has 0 atom stereocenters. The first kappa shape index (κ1) is 13.7. The Bertz CT molecular complexity index is 967. The van der Waals surface area contributed by atoms with E-state index in [2.05, 4.69) is 30.2 Å². The first-order chi connectivity index (χ1) is 11.3. The lowest BCUT2D eigenvalue weighted by Crippen LogP contribution is -2.00. The maximum Gasteiger partial charge on any atom is 0.181 e. The molecule has 4 rings (SSSR count). The summed E-state index contributed by atoms with van der Waals surface area (Å²) in [5.41, 5.74) is 1.69. The average molecular weight is 320 g/mol. The molecule has 23 heavy (non-hydrogen) atoms. The Kier molecular flexibility index (Phi) is 3.39. The van der Waals surface area contributed by atoms with Crippen LogP contribution >= 0.6 is 11.3 Å². The number of thiophene rings is 1. The van der Waals surface area contributed by atoms with Gasteiger partial charge in [0.25, 0.3) is 0 Å². The summed E-state index contributed by atoms with van der Waals surface area (Å²) < 4.78 is 0. The van der Waals surface area contributed by atoms with E-state index in [0.717, 1.165) is 21.6 Å². The van der Waals surface area contributed by atoms with Crippen molar-refractivity contribution in [3.63, 3.8) is 0 Å². The molecule has 4 aromatic heterocycles. The van der Waals surface area contributed by atoms with Gasteiger partial charge in [0.05, 0.1) is 5.39 Å². The molecule has 0 aliphatic carbocycles. The maximum atomic E-state index is 4.64. The summed E-state index contributed by atoms with van der Waals surface area (Å²) in [6.07, 6.45) is 3.18. The third-order valence-electron chi connectivity index (χ3n) is 3.27. The molecule has 0 aromatic carbocycles. The van der Waals surface area contributed by atoms with Crippen molar-refractivity contribution < 1.29 is 0 Å². The van der Waals surface area contributed by atoms with Crippen molar-refractivity contribution >= 4 is 33.2 Å². The Balaban J connectivity index is 1.84. The Labute approximate surface area is 136 Å². The lowest BCUT2D eigenvalue weighted by Gasteiger charge is -2.08. The van der Waals surface area contributed by atoms with Gasteiger partial charge in [-0.05, 0) is 36.6 Å². The predicted octanol–water partition coefficient (Wildman–Crippen LogP) is 3.60. The highest BCUT2D eigenvalue weighted by Crippen LogP contribution is 2.29. The summed E-state index contributed by atoms with van der Waals surface area (Å²) >= 11 is 1.57. The molecular weight excluding hydrogens is 308 g/mol. The molecule has 0 saturated carbocycles. The summed E-state index contributed by atoms with van der Waals surface area (Å²) in [5.74, 6) is 2.00. The second-order valence-corrected chi connectivity index (χ2v) is 5.81. The van der Waals surface area contributed by atoms with Crippen molar-refractivity contribution in [3.8, 4) is 11.5 Å². The molecule has 0 radical (unpaired) electrons. The minimum atomic E-state index is 0.597. The topological polar surface area (TPSA) is 76.5 Å². The van der Waals surface area contributed by atoms with E-state index < -0.39 is 0 Å². The molecule has 0 saturated heterocycles. The molecule has 0 bridgehead atoms. The van der Waals surface area contributed by atoms with Crippen LogP contribution in [-0.4, -0.2) is 24.9 Å². The zero-order valence-electron chi connectivity index (χ0n) is 12.3. The van der Waals surface area contributed by atoms with E-state index in [9.17, 15) is 0 Å². The summed E-state index contributed by atoms with van der Waals surface area (Å²) in [6, 6.07) is 9.61. The molecule has 6 nitrogen and oxygen atoms in total. The van der Waals surface area contributed by atoms with Crippen LogP contribution in [0.5, 0.6) is 0 Å². The number of pyridine rings is 1. The zero-order chi connectivity index (χ0) is 15.6. The first-order valence-corrected chi connectivity index (χ1v) is 7.90. The fraction of sp³-hybridized carbons (Fsp3) is 0.0625. The van der Waals surface area contributed by atoms with Crippen molar-refractivity contribution in [1.29, 1.82) is 0 Å². The molecular formula is C16H12N6S. The molecule has 0 aliphatic rings. The molecule has 0 amide bonds. The van der Waals surface area contributed by atoms with Gasteiger partial charge in [-0.15, -0.1) is 11.3 Å². The van der Waals surface area contributed by atoms with Gasteiger partial charge in [0, 0.05) is 11.9 Å². The van der Waals surface area contributed by atoms with Gasteiger partial charge in [-0.2, -0.15) is 0 Å². The summed E-state index contributed by atoms with van der Waals surface area (Å²) in [4.78, 5) is 22.8. The monoisotopic (exact) mass is 320 g/mol. The van der Waals surface area contributed by atoms with Gasteiger partial charge in [-0.3, -0.25) is 0 Å². The van der Waals surface area contributed by atoms with E-state index in [1.165, 1.54) is 6.33 Å². The lowest BCUT2D eigenvalue weighted by molar-refractivity contribution is 1.13. The second kappa shape index (κ2) is 5.69. The van der Waals surface area contributed by atoms with Crippen molar-refractivity contribution in [2.75, 3.05) is 5.32 Å². The number of aryl methyl sites for hydroxylation is 1. The van der Waals surface area contributed by atoms with Crippen LogP contribution in [0.15, 0.2) is 48.2 Å². The Morgan fingerprint density at radius 3 is 2.83 bits per heavy atom. The molecule has 4 heterocycles. The van der Waals surface area contributed by atoms with Crippen LogP contribution in [-0.2, 0) is 0 Å². The first-order valence-electron chi connectivity index (χ1n) is 7.02. The Morgan fingerprint density at radius 2 is 2.00 bits per heavy atom. The van der Waals surface area contributed by atoms with Crippen LogP contribution in [0.1, 0.15) is 5.69 Å². The van der Waals surface area contributed by atoms with E-state index in [4.69, 9.17) is 0 Å². The SMILES string of the molecule is Cc1cccc(-c2nc(Nc3ccncn3)c3ccsc3n2)n1. The van der Waals surface area contributed by atoms with Crippen LogP contribution in [0.3, 0.4) is 0 Å². The van der Waals surface area contributed by atoms with Crippen LogP contribution in [0.4, 0.5) is 11.6 Å². The predicted molar refractivity (Wildman–Crippen MR) is 90.7 cm³/mol. The van der Waals surface area contributed by atoms with E-state index in [1.54, 1.807) is 23.6 Å². The minimum absolute atomic E-state index is 0.597. The number of anilines is 2. The highest BCUT2D eigenvalue weighted by atomic mass is 32.1. The number of rotatable bonds is 3. The van der Waals surface area contributed by atoms with Gasteiger partial charge in [0.15, 0.2) is 5.82 Å². The highest BCUT2D eigenvalue weighted by Gasteiger charge is 2.12. The highest BCUT2D eigenvalue weighted by molar-refractivity contribution is 7.16. The molecule has 0 spiro atoms. The molecule has 0 aliphatic heterocycles. The fourth-order valence-electron chi connectivity index (χ4n) is 2.22. The zero-order valence-corrected chi connectivity index (χ0v) is 13.1. The largest absolute Gasteiger partial charge is 0.324 e. The average Bonchev–Trinajstić information content (AvgIpc) is 3.05. The molecule has 112 valence electrons. The normalized spacial score (nSPS) is 10.8. The molecule has 7 heteroatoms. The number of hydrogen-bond acceptors (Lipinski definition) is 7. The number of nitrogens with one attached hydrogen (secondary N) is 1. The van der Waals surface area contributed by atoms with Crippen molar-refractivity contribution in [2.24, 2.45) is 0 Å². The quantitative estimate of drug-likeness (QED) is 0.621. The summed E-state index contributed by atoms with van der Waals surface area (Å²) in [5, 5.41) is 6.20. The molecule has 0 fully saturated rings. The molecule has 4 aromatic rings. The Hall–Kier alpha value is -2.93. The fourth-order valence-corrected chi connectivity index (χ4v) is 2.98. The Morgan fingerprint density at radius 1 is 1.04 bits per heavy atom. The van der Waals surface area contributed by atoms with Crippen molar-refractivity contribution in [2.45, 2.75) is 6.92 Å².